The highest BCUT2D eigenvalue weighted by Crippen LogP contribution is 2.32. The number of hydrogen-bond acceptors (Lipinski definition) is 1. The van der Waals surface area contributed by atoms with E-state index in [1.54, 1.807) is 0 Å². The zero-order valence-electron chi connectivity index (χ0n) is 8.18. The molecule has 0 radical (unpaired) electrons. The third-order valence-electron chi connectivity index (χ3n) is 3.71. The standard InChI is InChI=1S/C11H21N/c1-2-11(9-5-3-6-9)12-10-7-4-8-10/h9-12H,2-8H2,1H3. The largest absolute Gasteiger partial charge is 0.311 e. The van der Waals surface area contributed by atoms with Gasteiger partial charge in [-0.05, 0) is 38.0 Å². The molecule has 2 rings (SSSR count). The van der Waals surface area contributed by atoms with Crippen molar-refractivity contribution in [1.29, 1.82) is 0 Å². The summed E-state index contributed by atoms with van der Waals surface area (Å²) in [7, 11) is 0. The molecular formula is C11H21N. The van der Waals surface area contributed by atoms with Crippen molar-refractivity contribution >= 4 is 0 Å². The molecule has 2 aliphatic rings. The van der Waals surface area contributed by atoms with Crippen LogP contribution in [0.15, 0.2) is 0 Å². The number of nitrogens with one attached hydrogen (secondary N) is 1. The number of hydrogen-bond donors (Lipinski definition) is 1. The Balaban J connectivity index is 1.73. The zero-order valence-corrected chi connectivity index (χ0v) is 8.18. The molecule has 1 N–H and O–H groups in total. The average molecular weight is 167 g/mol. The molecule has 2 fully saturated rings. The lowest BCUT2D eigenvalue weighted by Gasteiger charge is -2.39. The van der Waals surface area contributed by atoms with E-state index in [0.29, 0.717) is 0 Å². The Bertz CT molecular complexity index is 136. The van der Waals surface area contributed by atoms with Gasteiger partial charge in [0.1, 0.15) is 0 Å². The zero-order chi connectivity index (χ0) is 8.39. The van der Waals surface area contributed by atoms with Crippen molar-refractivity contribution < 1.29 is 0 Å². The van der Waals surface area contributed by atoms with Crippen LogP contribution in [0, 0.1) is 5.92 Å². The second kappa shape index (κ2) is 3.78. The molecule has 1 unspecified atom stereocenters. The van der Waals surface area contributed by atoms with Crippen LogP contribution in [0.25, 0.3) is 0 Å². The maximum Gasteiger partial charge on any atom is 0.00952 e. The van der Waals surface area contributed by atoms with Gasteiger partial charge in [0.25, 0.3) is 0 Å². The molecule has 0 aliphatic heterocycles. The summed E-state index contributed by atoms with van der Waals surface area (Å²) in [6.45, 7) is 2.33. The quantitative estimate of drug-likeness (QED) is 0.679. The lowest BCUT2D eigenvalue weighted by atomic mass is 9.77. The average Bonchev–Trinajstić information content (AvgIpc) is 1.89. The normalized spacial score (nSPS) is 27.8. The second-order valence-electron chi connectivity index (χ2n) is 4.50. The Labute approximate surface area is 75.9 Å². The topological polar surface area (TPSA) is 12.0 Å². The molecule has 0 aromatic heterocycles. The van der Waals surface area contributed by atoms with Gasteiger partial charge in [-0.1, -0.05) is 19.8 Å². The van der Waals surface area contributed by atoms with Crippen LogP contribution in [0.4, 0.5) is 0 Å². The maximum atomic E-state index is 3.81. The van der Waals surface area contributed by atoms with Crippen LogP contribution < -0.4 is 5.32 Å². The highest BCUT2D eigenvalue weighted by atomic mass is 15.0. The molecule has 0 spiro atoms. The first-order chi connectivity index (χ1) is 5.90. The van der Waals surface area contributed by atoms with E-state index in [1.807, 2.05) is 0 Å². The summed E-state index contributed by atoms with van der Waals surface area (Å²) in [5.74, 6) is 1.02. The van der Waals surface area contributed by atoms with Gasteiger partial charge in [-0.25, -0.2) is 0 Å². The van der Waals surface area contributed by atoms with E-state index in [0.717, 1.165) is 18.0 Å². The lowest BCUT2D eigenvalue weighted by Crippen LogP contribution is -2.47. The highest BCUT2D eigenvalue weighted by molar-refractivity contribution is 4.87. The van der Waals surface area contributed by atoms with Crippen LogP contribution in [-0.2, 0) is 0 Å². The van der Waals surface area contributed by atoms with Gasteiger partial charge < -0.3 is 5.32 Å². The van der Waals surface area contributed by atoms with Gasteiger partial charge in [-0.15, -0.1) is 0 Å². The fourth-order valence-corrected chi connectivity index (χ4v) is 2.31. The number of rotatable bonds is 4. The highest BCUT2D eigenvalue weighted by Gasteiger charge is 2.29. The minimum atomic E-state index is 0.851. The minimum absolute atomic E-state index is 0.851. The van der Waals surface area contributed by atoms with Crippen molar-refractivity contribution in [1.82, 2.24) is 5.32 Å². The second-order valence-corrected chi connectivity index (χ2v) is 4.50. The van der Waals surface area contributed by atoms with Crippen LogP contribution in [0.2, 0.25) is 0 Å². The summed E-state index contributed by atoms with van der Waals surface area (Å²) >= 11 is 0. The first-order valence-corrected chi connectivity index (χ1v) is 5.66. The molecule has 12 heavy (non-hydrogen) atoms. The molecule has 0 aromatic carbocycles. The van der Waals surface area contributed by atoms with Gasteiger partial charge in [0.2, 0.25) is 0 Å². The van der Waals surface area contributed by atoms with Crippen LogP contribution in [0.1, 0.15) is 51.9 Å². The first-order valence-electron chi connectivity index (χ1n) is 5.66. The van der Waals surface area contributed by atoms with Gasteiger partial charge >= 0.3 is 0 Å². The minimum Gasteiger partial charge on any atom is -0.311 e. The Morgan fingerprint density at radius 2 is 1.83 bits per heavy atom. The Morgan fingerprint density at radius 1 is 1.17 bits per heavy atom. The van der Waals surface area contributed by atoms with Crippen molar-refractivity contribution in [2.24, 2.45) is 5.92 Å². The van der Waals surface area contributed by atoms with Crippen LogP contribution in [0.3, 0.4) is 0 Å². The fourth-order valence-electron chi connectivity index (χ4n) is 2.31. The van der Waals surface area contributed by atoms with Gasteiger partial charge in [0, 0.05) is 12.1 Å². The monoisotopic (exact) mass is 167 g/mol. The predicted molar refractivity (Wildman–Crippen MR) is 52.2 cm³/mol. The summed E-state index contributed by atoms with van der Waals surface area (Å²) < 4.78 is 0. The van der Waals surface area contributed by atoms with Crippen LogP contribution in [-0.4, -0.2) is 12.1 Å². The first kappa shape index (κ1) is 8.55. The molecule has 1 heteroatoms. The summed E-state index contributed by atoms with van der Waals surface area (Å²) in [6, 6.07) is 1.74. The summed E-state index contributed by atoms with van der Waals surface area (Å²) in [5, 5.41) is 3.81. The van der Waals surface area contributed by atoms with E-state index in [1.165, 1.54) is 44.9 Å². The Kier molecular flexibility index (Phi) is 2.69. The van der Waals surface area contributed by atoms with Gasteiger partial charge in [0.15, 0.2) is 0 Å². The SMILES string of the molecule is CCC(NC1CCC1)C1CCC1. The van der Waals surface area contributed by atoms with Gasteiger partial charge in [-0.3, -0.25) is 0 Å². The van der Waals surface area contributed by atoms with Crippen LogP contribution >= 0.6 is 0 Å². The van der Waals surface area contributed by atoms with Gasteiger partial charge in [-0.2, -0.15) is 0 Å². The van der Waals surface area contributed by atoms with Crippen molar-refractivity contribution in [2.75, 3.05) is 0 Å². The van der Waals surface area contributed by atoms with Crippen molar-refractivity contribution in [2.45, 2.75) is 64.0 Å². The van der Waals surface area contributed by atoms with Crippen molar-refractivity contribution in [3.05, 3.63) is 0 Å². The fraction of sp³-hybridized carbons (Fsp3) is 1.00. The smallest absolute Gasteiger partial charge is 0.00952 e. The van der Waals surface area contributed by atoms with Crippen molar-refractivity contribution in [3.8, 4) is 0 Å². The molecule has 0 aromatic rings. The molecule has 2 aliphatic carbocycles. The molecule has 0 amide bonds. The lowest BCUT2D eigenvalue weighted by molar-refractivity contribution is 0.185. The van der Waals surface area contributed by atoms with Crippen molar-refractivity contribution in [3.63, 3.8) is 0 Å². The molecule has 70 valence electrons. The summed E-state index contributed by atoms with van der Waals surface area (Å²) in [5.41, 5.74) is 0. The molecule has 1 nitrogen and oxygen atoms in total. The molecule has 0 saturated heterocycles. The Hall–Kier alpha value is -0.0400. The molecular weight excluding hydrogens is 146 g/mol. The molecule has 2 saturated carbocycles. The molecule has 0 bridgehead atoms. The summed E-state index contributed by atoms with van der Waals surface area (Å²) in [4.78, 5) is 0. The van der Waals surface area contributed by atoms with Crippen LogP contribution in [0.5, 0.6) is 0 Å². The van der Waals surface area contributed by atoms with E-state index >= 15 is 0 Å². The third kappa shape index (κ3) is 1.66. The predicted octanol–water partition coefficient (Wildman–Crippen LogP) is 2.71. The van der Waals surface area contributed by atoms with E-state index in [4.69, 9.17) is 0 Å². The summed E-state index contributed by atoms with van der Waals surface area (Å²) in [6.07, 6.45) is 10.1. The maximum absolute atomic E-state index is 3.81. The van der Waals surface area contributed by atoms with Gasteiger partial charge in [0.05, 0.1) is 0 Å². The van der Waals surface area contributed by atoms with E-state index in [2.05, 4.69) is 12.2 Å². The molecule has 1 atom stereocenters. The van der Waals surface area contributed by atoms with E-state index in [-0.39, 0.29) is 0 Å². The third-order valence-corrected chi connectivity index (χ3v) is 3.71. The molecule has 0 heterocycles. The Morgan fingerprint density at radius 3 is 2.17 bits per heavy atom. The van der Waals surface area contributed by atoms with E-state index < -0.39 is 0 Å². The van der Waals surface area contributed by atoms with E-state index in [9.17, 15) is 0 Å².